The van der Waals surface area contributed by atoms with Crippen molar-refractivity contribution in [3.8, 4) is 11.4 Å². The summed E-state index contributed by atoms with van der Waals surface area (Å²) in [5, 5.41) is 8.98. The van der Waals surface area contributed by atoms with Gasteiger partial charge in [-0.25, -0.2) is 9.67 Å². The van der Waals surface area contributed by atoms with Crippen molar-refractivity contribution in [3.05, 3.63) is 88.2 Å². The number of nitrogens with zero attached hydrogens (tertiary/aromatic N) is 5. The van der Waals surface area contributed by atoms with Gasteiger partial charge in [-0.05, 0) is 30.7 Å². The highest BCUT2D eigenvalue weighted by atomic mass is 35.5. The van der Waals surface area contributed by atoms with Gasteiger partial charge in [0.25, 0.3) is 0 Å². The van der Waals surface area contributed by atoms with Gasteiger partial charge in [0.05, 0.1) is 54.2 Å². The van der Waals surface area contributed by atoms with Crippen molar-refractivity contribution < 1.29 is 4.74 Å². The molecule has 0 unspecified atom stereocenters. The highest BCUT2D eigenvalue weighted by Gasteiger charge is 2.23. The summed E-state index contributed by atoms with van der Waals surface area (Å²) in [5.41, 5.74) is 7.24. The lowest BCUT2D eigenvalue weighted by atomic mass is 10.1. The molecule has 0 N–H and O–H groups in total. The predicted molar refractivity (Wildman–Crippen MR) is 106 cm³/mol. The van der Waals surface area contributed by atoms with E-state index in [9.17, 15) is 0 Å². The lowest BCUT2D eigenvalue weighted by Gasteiger charge is -2.10. The zero-order chi connectivity index (χ0) is 19.1. The number of imidazole rings is 1. The summed E-state index contributed by atoms with van der Waals surface area (Å²) in [6, 6.07) is 14.1. The SMILES string of the molecule is Cc1cccc(COCc2ncn3c2Cc2cnnn2-c2cc(Cl)ccc2-3)c1. The number of benzene rings is 2. The van der Waals surface area contributed by atoms with Crippen LogP contribution in [0.1, 0.15) is 28.2 Å². The highest BCUT2D eigenvalue weighted by molar-refractivity contribution is 6.30. The maximum absolute atomic E-state index is 6.23. The van der Waals surface area contributed by atoms with Gasteiger partial charge in [0.15, 0.2) is 0 Å². The predicted octanol–water partition coefficient (Wildman–Crippen LogP) is 4.04. The van der Waals surface area contributed by atoms with E-state index >= 15 is 0 Å². The number of halogens is 1. The number of hydrogen-bond donors (Lipinski definition) is 0. The summed E-state index contributed by atoms with van der Waals surface area (Å²) in [6.07, 6.45) is 4.29. The molecule has 0 saturated carbocycles. The van der Waals surface area contributed by atoms with Crippen molar-refractivity contribution in [3.63, 3.8) is 0 Å². The maximum atomic E-state index is 6.23. The molecule has 0 aliphatic carbocycles. The third kappa shape index (κ3) is 3.00. The maximum Gasteiger partial charge on any atom is 0.0999 e. The molecular weight excluding hydrogens is 374 g/mol. The van der Waals surface area contributed by atoms with Crippen molar-refractivity contribution in [2.24, 2.45) is 0 Å². The molecular formula is C21H18ClN5O. The number of rotatable bonds is 4. The Balaban J connectivity index is 1.47. The van der Waals surface area contributed by atoms with E-state index in [1.54, 1.807) is 6.20 Å². The second-order valence-corrected chi connectivity index (χ2v) is 7.37. The summed E-state index contributed by atoms with van der Waals surface area (Å²) in [5.74, 6) is 0. The Kier molecular flexibility index (Phi) is 4.22. The molecule has 140 valence electrons. The van der Waals surface area contributed by atoms with E-state index < -0.39 is 0 Å². The van der Waals surface area contributed by atoms with Crippen LogP contribution in [0.2, 0.25) is 5.02 Å². The van der Waals surface area contributed by atoms with Crippen LogP contribution in [0.25, 0.3) is 11.4 Å². The number of aromatic nitrogens is 5. The number of aryl methyl sites for hydroxylation is 1. The second-order valence-electron chi connectivity index (χ2n) is 6.94. The minimum atomic E-state index is 0.445. The van der Waals surface area contributed by atoms with Gasteiger partial charge in [0, 0.05) is 11.4 Å². The zero-order valence-electron chi connectivity index (χ0n) is 15.3. The van der Waals surface area contributed by atoms with Gasteiger partial charge >= 0.3 is 0 Å². The molecule has 0 radical (unpaired) electrons. The van der Waals surface area contributed by atoms with E-state index in [1.165, 1.54) is 5.56 Å². The third-order valence-electron chi connectivity index (χ3n) is 4.94. The molecule has 4 aromatic rings. The number of ether oxygens (including phenoxy) is 1. The molecule has 0 saturated heterocycles. The average molecular weight is 392 g/mol. The lowest BCUT2D eigenvalue weighted by molar-refractivity contribution is 0.104. The van der Waals surface area contributed by atoms with Crippen molar-refractivity contribution in [2.75, 3.05) is 0 Å². The molecule has 7 heteroatoms. The van der Waals surface area contributed by atoms with Crippen molar-refractivity contribution >= 4 is 11.6 Å². The zero-order valence-corrected chi connectivity index (χ0v) is 16.1. The normalized spacial score (nSPS) is 12.2. The summed E-state index contributed by atoms with van der Waals surface area (Å²) >= 11 is 6.23. The third-order valence-corrected chi connectivity index (χ3v) is 5.17. The molecule has 1 aliphatic rings. The van der Waals surface area contributed by atoms with E-state index in [4.69, 9.17) is 16.3 Å². The van der Waals surface area contributed by atoms with Gasteiger partial charge in [0.2, 0.25) is 0 Å². The first kappa shape index (κ1) is 17.2. The van der Waals surface area contributed by atoms with Crippen LogP contribution in [0, 0.1) is 6.92 Å². The van der Waals surface area contributed by atoms with E-state index in [1.807, 2.05) is 35.3 Å². The summed E-state index contributed by atoms with van der Waals surface area (Å²) in [4.78, 5) is 4.62. The quantitative estimate of drug-likeness (QED) is 0.464. The molecule has 0 fully saturated rings. The van der Waals surface area contributed by atoms with Gasteiger partial charge in [-0.2, -0.15) is 0 Å². The minimum Gasteiger partial charge on any atom is -0.370 e. The fourth-order valence-electron chi connectivity index (χ4n) is 3.61. The number of fused-ring (bicyclic) bond motifs is 5. The van der Waals surface area contributed by atoms with E-state index in [2.05, 4.69) is 45.0 Å². The summed E-state index contributed by atoms with van der Waals surface area (Å²) < 4.78 is 9.90. The Morgan fingerprint density at radius 2 is 2.04 bits per heavy atom. The molecule has 3 heterocycles. The standard InChI is InChI=1S/C21H18ClN5O/c1-14-3-2-4-15(7-14)11-28-12-18-20-9-17-10-24-25-27(17)21-8-16(22)5-6-19(21)26(20)13-23-18/h2-8,10,13H,9,11-12H2,1H3. The average Bonchev–Trinajstić information content (AvgIpc) is 3.27. The monoisotopic (exact) mass is 391 g/mol. The Labute approximate surface area is 167 Å². The molecule has 0 bridgehead atoms. The summed E-state index contributed by atoms with van der Waals surface area (Å²) in [7, 11) is 0. The largest absolute Gasteiger partial charge is 0.370 e. The van der Waals surface area contributed by atoms with Gasteiger partial charge in [-0.3, -0.25) is 0 Å². The second kappa shape index (κ2) is 6.89. The van der Waals surface area contributed by atoms with Crippen molar-refractivity contribution in [1.29, 1.82) is 0 Å². The topological polar surface area (TPSA) is 57.8 Å². The van der Waals surface area contributed by atoms with Gasteiger partial charge in [-0.15, -0.1) is 5.10 Å². The van der Waals surface area contributed by atoms with Crippen LogP contribution >= 0.6 is 11.6 Å². The molecule has 0 spiro atoms. The van der Waals surface area contributed by atoms with Crippen LogP contribution in [0.15, 0.2) is 55.0 Å². The van der Waals surface area contributed by atoms with Gasteiger partial charge < -0.3 is 9.30 Å². The van der Waals surface area contributed by atoms with Crippen LogP contribution in [-0.2, 0) is 24.4 Å². The Bertz CT molecular complexity index is 1160. The van der Waals surface area contributed by atoms with Gasteiger partial charge in [-0.1, -0.05) is 46.6 Å². The molecule has 6 nitrogen and oxygen atoms in total. The van der Waals surface area contributed by atoms with Crippen LogP contribution in [0.3, 0.4) is 0 Å². The first-order chi connectivity index (χ1) is 13.7. The molecule has 5 rings (SSSR count). The van der Waals surface area contributed by atoms with Crippen LogP contribution < -0.4 is 0 Å². The molecule has 0 amide bonds. The van der Waals surface area contributed by atoms with Crippen LogP contribution in [-0.4, -0.2) is 24.5 Å². The summed E-state index contributed by atoms with van der Waals surface area (Å²) in [6.45, 7) is 3.08. The molecule has 0 atom stereocenters. The van der Waals surface area contributed by atoms with Gasteiger partial charge in [0.1, 0.15) is 0 Å². The van der Waals surface area contributed by atoms with Crippen LogP contribution in [0.4, 0.5) is 0 Å². The van der Waals surface area contributed by atoms with Crippen molar-refractivity contribution in [1.82, 2.24) is 24.5 Å². The first-order valence-electron chi connectivity index (χ1n) is 9.07. The lowest BCUT2D eigenvalue weighted by Crippen LogP contribution is -2.03. The number of hydrogen-bond acceptors (Lipinski definition) is 4. The minimum absolute atomic E-state index is 0.445. The van der Waals surface area contributed by atoms with E-state index in [0.717, 1.165) is 34.0 Å². The first-order valence-corrected chi connectivity index (χ1v) is 9.45. The van der Waals surface area contributed by atoms with Crippen molar-refractivity contribution in [2.45, 2.75) is 26.6 Å². The highest BCUT2D eigenvalue weighted by Crippen LogP contribution is 2.30. The fraction of sp³-hybridized carbons (Fsp3) is 0.190. The smallest absolute Gasteiger partial charge is 0.0999 e. The molecule has 28 heavy (non-hydrogen) atoms. The fourth-order valence-corrected chi connectivity index (χ4v) is 3.78. The Morgan fingerprint density at radius 3 is 2.93 bits per heavy atom. The van der Waals surface area contributed by atoms with Crippen LogP contribution in [0.5, 0.6) is 0 Å². The Hall–Kier alpha value is -2.96. The van der Waals surface area contributed by atoms with E-state index in [0.29, 0.717) is 24.7 Å². The molecule has 2 aromatic carbocycles. The molecule has 2 aromatic heterocycles. The van der Waals surface area contributed by atoms with E-state index in [-0.39, 0.29) is 0 Å². The Morgan fingerprint density at radius 1 is 1.11 bits per heavy atom. The molecule has 1 aliphatic heterocycles.